The Morgan fingerprint density at radius 2 is 1.10 bits per heavy atom. The first-order chi connectivity index (χ1) is 47.7. The number of aromatic hydroxyl groups is 1. The molecule has 18 N–H and O–H groups in total. The van der Waals surface area contributed by atoms with Gasteiger partial charge in [-0.15, -0.1) is 0 Å². The highest BCUT2D eigenvalue weighted by Crippen LogP contribution is 2.25. The number of carboxylic acids is 4. The van der Waals surface area contributed by atoms with Crippen LogP contribution in [-0.2, 0) is 76.8 Å². The maximum Gasteiger partial charge on any atom is 0.328 e. The lowest BCUT2D eigenvalue weighted by molar-refractivity contribution is -0.145. The summed E-state index contributed by atoms with van der Waals surface area (Å²) in [6.07, 6.45) is -1.92. The van der Waals surface area contributed by atoms with Crippen molar-refractivity contribution in [2.45, 2.75) is 113 Å². The minimum absolute atomic E-state index is 0.0426. The molecule has 33 nitrogen and oxygen atoms in total. The second kappa shape index (κ2) is 40.3. The first kappa shape index (κ1) is 80.0. The number of fused-ring (bicyclic) bond motifs is 1. The van der Waals surface area contributed by atoms with E-state index in [1.54, 1.807) is 80.4 Å². The summed E-state index contributed by atoms with van der Waals surface area (Å²) in [6.45, 7) is 1.38. The van der Waals surface area contributed by atoms with Crippen LogP contribution in [0.3, 0.4) is 0 Å². The normalized spacial score (nSPS) is 21.9. The van der Waals surface area contributed by atoms with Crippen molar-refractivity contribution >= 4 is 104 Å². The van der Waals surface area contributed by atoms with E-state index >= 15 is 14.4 Å². The van der Waals surface area contributed by atoms with Crippen LogP contribution in [0.15, 0.2) is 85.1 Å². The van der Waals surface area contributed by atoms with Crippen LogP contribution in [-0.4, -0.2) is 289 Å². The second-order valence-corrected chi connectivity index (χ2v) is 27.0. The maximum absolute atomic E-state index is 15.3. The summed E-state index contributed by atoms with van der Waals surface area (Å²) in [6, 6.07) is 7.92. The van der Waals surface area contributed by atoms with E-state index in [1.807, 2.05) is 0 Å². The number of aliphatic carboxylic acids is 4. The zero-order valence-corrected chi connectivity index (χ0v) is 57.1. The molecule has 0 saturated carbocycles. The van der Waals surface area contributed by atoms with Crippen molar-refractivity contribution in [2.24, 2.45) is 5.73 Å². The zero-order chi connectivity index (χ0) is 73.0. The van der Waals surface area contributed by atoms with Gasteiger partial charge in [-0.3, -0.25) is 72.3 Å². The van der Waals surface area contributed by atoms with Gasteiger partial charge in [0.1, 0.15) is 48.0 Å². The van der Waals surface area contributed by atoms with Crippen molar-refractivity contribution in [1.82, 2.24) is 67.1 Å². The molecule has 8 amide bonds. The highest BCUT2D eigenvalue weighted by Gasteiger charge is 2.38. The Morgan fingerprint density at radius 1 is 0.580 bits per heavy atom. The molecule has 100 heavy (non-hydrogen) atoms. The molecule has 3 aromatic carbocycles. The number of aliphatic hydroxyl groups excluding tert-OH is 2. The van der Waals surface area contributed by atoms with Crippen LogP contribution in [0.5, 0.6) is 5.75 Å². The van der Waals surface area contributed by atoms with Gasteiger partial charge in [0.25, 0.3) is 0 Å². The van der Waals surface area contributed by atoms with Crippen molar-refractivity contribution in [3.63, 3.8) is 0 Å². The Bertz CT molecular complexity index is 3410. The van der Waals surface area contributed by atoms with Gasteiger partial charge in [-0.1, -0.05) is 82.3 Å². The van der Waals surface area contributed by atoms with Gasteiger partial charge >= 0.3 is 23.9 Å². The lowest BCUT2D eigenvalue weighted by Gasteiger charge is -2.33. The number of carbonyl (C=O) groups is 12. The van der Waals surface area contributed by atoms with Crippen LogP contribution in [0.4, 0.5) is 0 Å². The summed E-state index contributed by atoms with van der Waals surface area (Å²) in [5.74, 6) is -14.0. The average molecular weight is 1440 g/mol. The minimum atomic E-state index is -1.91. The summed E-state index contributed by atoms with van der Waals surface area (Å²) in [5, 5.41) is 92.4. The van der Waals surface area contributed by atoms with Gasteiger partial charge in [0.15, 0.2) is 6.04 Å². The van der Waals surface area contributed by atoms with Crippen molar-refractivity contribution in [1.29, 1.82) is 0 Å². The largest absolute Gasteiger partial charge is 0.508 e. The fraction of sp³-hybridized carbons (Fsp3) is 0.508. The number of hydrogen-bond donors (Lipinski definition) is 17. The number of hydrogen-bond acceptors (Lipinski definition) is 22. The molecule has 2 aliphatic rings. The molecule has 4 aromatic rings. The molecule has 2 aliphatic heterocycles. The van der Waals surface area contributed by atoms with Crippen molar-refractivity contribution in [2.75, 3.05) is 96.6 Å². The van der Waals surface area contributed by atoms with E-state index in [9.17, 15) is 78.9 Å². The number of para-hydroxylation sites is 1. The van der Waals surface area contributed by atoms with Crippen LogP contribution in [0.25, 0.3) is 10.9 Å². The number of nitrogens with one attached hydrogen (secondary N) is 9. The summed E-state index contributed by atoms with van der Waals surface area (Å²) in [7, 11) is 1.66. The van der Waals surface area contributed by atoms with Crippen molar-refractivity contribution in [3.05, 3.63) is 102 Å². The number of benzene rings is 3. The third-order valence-corrected chi connectivity index (χ3v) is 19.0. The topological polar surface area (TPSA) is 497 Å². The number of H-pyrrole nitrogens is 1. The molecule has 0 aliphatic carbocycles. The van der Waals surface area contributed by atoms with E-state index in [2.05, 4.69) is 47.5 Å². The molecule has 0 radical (unpaired) electrons. The van der Waals surface area contributed by atoms with Gasteiger partial charge < -0.3 is 89.0 Å². The van der Waals surface area contributed by atoms with Crippen LogP contribution >= 0.6 is 21.6 Å². The van der Waals surface area contributed by atoms with E-state index in [0.29, 0.717) is 34.0 Å². The van der Waals surface area contributed by atoms with Gasteiger partial charge in [0, 0.05) is 100 Å². The monoisotopic (exact) mass is 1430 g/mol. The highest BCUT2D eigenvalue weighted by atomic mass is 33.1. The van der Waals surface area contributed by atoms with Crippen LogP contribution < -0.4 is 48.3 Å². The number of carboxylic acid groups (broad SMARTS) is 4. The molecule has 0 unspecified atom stereocenters. The number of nitrogens with two attached hydrogens (primary N) is 1. The third kappa shape index (κ3) is 26.6. The Morgan fingerprint density at radius 3 is 1.65 bits per heavy atom. The number of nitrogens with zero attached hydrogens (tertiary/aromatic N) is 4. The van der Waals surface area contributed by atoms with Crippen LogP contribution in [0.1, 0.15) is 49.8 Å². The van der Waals surface area contributed by atoms with E-state index in [4.69, 9.17) is 5.73 Å². The van der Waals surface area contributed by atoms with Gasteiger partial charge in [-0.25, -0.2) is 4.79 Å². The highest BCUT2D eigenvalue weighted by molar-refractivity contribution is 8.76. The van der Waals surface area contributed by atoms with Gasteiger partial charge in [0.2, 0.25) is 47.3 Å². The quantitative estimate of drug-likeness (QED) is 0.0215. The Kier molecular flexibility index (Phi) is 32.3. The van der Waals surface area contributed by atoms with Gasteiger partial charge in [0.05, 0.1) is 38.4 Å². The molecule has 6 rings (SSSR count). The number of aliphatic hydroxyl groups is 2. The molecule has 10 atom stereocenters. The maximum atomic E-state index is 15.3. The Hall–Kier alpha value is -8.94. The van der Waals surface area contributed by atoms with E-state index in [-0.39, 0.29) is 103 Å². The van der Waals surface area contributed by atoms with E-state index in [0.717, 1.165) is 35.4 Å². The minimum Gasteiger partial charge on any atom is -0.508 e. The first-order valence-corrected chi connectivity index (χ1v) is 35.0. The molecule has 546 valence electrons. The predicted molar refractivity (Wildman–Crippen MR) is 367 cm³/mol. The third-order valence-electron chi connectivity index (χ3n) is 16.6. The molecular weight excluding hydrogens is 1340 g/mol. The standard InChI is InChI=1S/C65H90N14O19S2/c1-38(80)56-64(96)73-51(63(95)75-57(39(2)81)65(97)98)37-100-99-36-50(72-59(91)47(28-40-10-4-3-5-11-40)68-52(83)32-76-20-22-77(33-53(84)85)24-26-79(35-55(88)89)27-25-78(23-21-76)34-54(86)87)62(94)70-48(29-41-15-17-43(82)18-16-41)60(92)71-49(30-42-31-67-45-13-7-6-12-44(42)45)61(93)69-46(58(90)74-56)14-8-9-19-66/h3-7,10-13,15-18,31,38-39,46-51,56-57,67,80-82H,8-9,14,19-30,32-37,66H2,1-2H3,(H,68,83)(H,69,93)(H,70,94)(H,71,92)(H,72,91)(H,73,96)(H,74,90)(H,75,95)(H,84,85)(H,86,87)(H,88,89)(H,97,98)/t38-,39-,46+,47-,48+,49-,50+,51-,56+,57+/m1/s1. The molecule has 0 spiro atoms. The molecule has 1 aromatic heterocycles. The van der Waals surface area contributed by atoms with Gasteiger partial charge in [-0.2, -0.15) is 0 Å². The first-order valence-electron chi connectivity index (χ1n) is 32.5. The fourth-order valence-electron chi connectivity index (χ4n) is 11.1. The van der Waals surface area contributed by atoms with Crippen LogP contribution in [0, 0.1) is 0 Å². The van der Waals surface area contributed by atoms with E-state index in [1.165, 1.54) is 24.3 Å². The number of phenols is 1. The molecule has 3 heterocycles. The van der Waals surface area contributed by atoms with E-state index < -0.39 is 163 Å². The fourth-order valence-corrected chi connectivity index (χ4v) is 13.4. The van der Waals surface area contributed by atoms with Gasteiger partial charge in [-0.05, 0) is 74.5 Å². The predicted octanol–water partition coefficient (Wildman–Crippen LogP) is -3.37. The van der Waals surface area contributed by atoms with Crippen molar-refractivity contribution in [3.8, 4) is 5.75 Å². The summed E-state index contributed by atoms with van der Waals surface area (Å²) >= 11 is 0. The number of rotatable bonds is 26. The lowest BCUT2D eigenvalue weighted by Crippen LogP contribution is -2.62. The Balaban J connectivity index is 1.41. The number of amides is 8. The number of unbranched alkanes of at least 4 members (excludes halogenated alkanes) is 1. The number of phenolic OH excluding ortho intramolecular Hbond substituents is 1. The summed E-state index contributed by atoms with van der Waals surface area (Å²) in [5.41, 5.74) is 7.96. The summed E-state index contributed by atoms with van der Waals surface area (Å²) < 4.78 is 0. The number of carbonyl (C=O) groups excluding carboxylic acids is 8. The number of aromatic amines is 1. The second-order valence-electron chi connectivity index (χ2n) is 24.5. The smallest absolute Gasteiger partial charge is 0.328 e. The summed E-state index contributed by atoms with van der Waals surface area (Å²) in [4.78, 5) is 176. The Labute approximate surface area is 584 Å². The molecular formula is C65H90N14O19S2. The average Bonchev–Trinajstić information content (AvgIpc) is 1.59. The zero-order valence-electron chi connectivity index (χ0n) is 55.4. The van der Waals surface area contributed by atoms with Crippen molar-refractivity contribution < 1.29 is 93.3 Å². The molecule has 2 fully saturated rings. The molecule has 35 heteroatoms. The number of aromatic nitrogens is 1. The molecule has 2 saturated heterocycles. The lowest BCUT2D eigenvalue weighted by atomic mass is 10.0. The molecule has 0 bridgehead atoms. The van der Waals surface area contributed by atoms with Crippen LogP contribution in [0.2, 0.25) is 0 Å². The SMILES string of the molecule is C[C@@H](O)[C@H](NC(=O)[C@H]1CSSC[C@H](NC(=O)[C@@H](Cc2ccccc2)NC(=O)CN2CCN(CC(=O)O)CCN(CC(=O)O)CCN(CC(=O)O)CC2)C(=O)N[C@@H](Cc2ccc(O)cc2)C(=O)N[C@H](Cc2c[nH]c3ccccc23)C(=O)N[C@@H](CCCCN)C(=O)N[C@@H]([C@@H](C)O)C(=O)N1)C(=O)O.